The summed E-state index contributed by atoms with van der Waals surface area (Å²) in [5, 5.41) is 0. The van der Waals surface area contributed by atoms with Gasteiger partial charge in [0, 0.05) is 0 Å². The molecule has 0 bridgehead atoms. The molecular formula is HAlCl3CuKO. The fraction of sp³-hybridized carbons (Fsp3) is 0. The molecule has 7 heavy (non-hydrogen) atoms. The Bertz CT molecular complexity index is 18.9. The molecule has 0 aromatic carbocycles. The van der Waals surface area contributed by atoms with Crippen LogP contribution in [-0.4, -0.2) is 16.2 Å². The standard InChI is InChI=1S/Al.3ClH.Cu.K.O.H/h;3*1H;;;;/q;;;;+2;+1;;/p-3. The third kappa shape index (κ3) is 44.9. The SMILES string of the molecule is [Cl-].[Cl][Cu][Cl].[K+].[O]=[AlH]. The molecule has 0 amide bonds. The van der Waals surface area contributed by atoms with E-state index in [9.17, 15) is 0 Å². The van der Waals surface area contributed by atoms with Crippen LogP contribution >= 0.6 is 20.2 Å². The minimum absolute atomic E-state index is 0. The predicted molar refractivity (Wildman–Crippen MR) is 19.5 cm³/mol. The summed E-state index contributed by atoms with van der Waals surface area (Å²) >= 11 is 1.37. The summed E-state index contributed by atoms with van der Waals surface area (Å²) < 4.78 is 8.28. The molecule has 0 saturated carbocycles. The van der Waals surface area contributed by atoms with Gasteiger partial charge in [-0.25, -0.2) is 0 Å². The molecule has 0 aromatic rings. The van der Waals surface area contributed by atoms with Gasteiger partial charge in [-0.3, -0.25) is 0 Å². The maximum atomic E-state index is 8.28. The molecule has 0 heterocycles. The zero-order valence-electron chi connectivity index (χ0n) is 3.55. The topological polar surface area (TPSA) is 17.1 Å². The molecule has 0 spiro atoms. The van der Waals surface area contributed by atoms with E-state index in [0.29, 0.717) is 16.2 Å². The molecule has 0 fully saturated rings. The Hall–Kier alpha value is 3.36. The monoisotopic (exact) mass is 251 g/mol. The van der Waals surface area contributed by atoms with E-state index in [2.05, 4.69) is 20.2 Å². The first-order chi connectivity index (χ1) is 2.41. The molecule has 0 saturated heterocycles. The van der Waals surface area contributed by atoms with E-state index in [4.69, 9.17) is 3.80 Å². The average molecular weight is 253 g/mol. The van der Waals surface area contributed by atoms with E-state index in [-0.39, 0.29) is 63.8 Å². The van der Waals surface area contributed by atoms with E-state index in [0.717, 1.165) is 13.1 Å². The Morgan fingerprint density at radius 3 is 1.29 bits per heavy atom. The van der Waals surface area contributed by atoms with Gasteiger partial charge in [-0.1, -0.05) is 0 Å². The summed E-state index contributed by atoms with van der Waals surface area (Å²) in [6, 6.07) is 0. The van der Waals surface area contributed by atoms with Gasteiger partial charge in [-0.2, -0.15) is 0 Å². The second-order valence-corrected chi connectivity index (χ2v) is 1.60. The molecule has 0 N–H and O–H groups in total. The number of rotatable bonds is 0. The van der Waals surface area contributed by atoms with E-state index in [1.165, 1.54) is 0 Å². The van der Waals surface area contributed by atoms with Crippen LogP contribution in [0.25, 0.3) is 0 Å². The Morgan fingerprint density at radius 1 is 1.29 bits per heavy atom. The van der Waals surface area contributed by atoms with Crippen LogP contribution in [0.5, 0.6) is 0 Å². The summed E-state index contributed by atoms with van der Waals surface area (Å²) in [5.41, 5.74) is 0. The van der Waals surface area contributed by atoms with Gasteiger partial charge in [0.2, 0.25) is 0 Å². The molecule has 43 valence electrons. The van der Waals surface area contributed by atoms with Crippen LogP contribution in [0.3, 0.4) is 0 Å². The molecule has 7 heteroatoms. The Morgan fingerprint density at radius 2 is 1.29 bits per heavy atom. The van der Waals surface area contributed by atoms with E-state index in [1.807, 2.05) is 0 Å². The summed E-state index contributed by atoms with van der Waals surface area (Å²) in [6.07, 6.45) is 0. The third-order valence-corrected chi connectivity index (χ3v) is 0. The van der Waals surface area contributed by atoms with Crippen LogP contribution in [0.15, 0.2) is 0 Å². The first-order valence-electron chi connectivity index (χ1n) is 0.517. The maximum absolute atomic E-state index is 8.28. The molecule has 0 aromatic heterocycles. The molecule has 0 aliphatic carbocycles. The number of hydrogen-bond donors (Lipinski definition) is 0. The Kier molecular flexibility index (Phi) is 110. The van der Waals surface area contributed by atoms with Gasteiger partial charge in [-0.05, 0) is 0 Å². The zero-order chi connectivity index (χ0) is 4.71. The normalized spacial score (nSPS) is 3.57. The minimum atomic E-state index is 0. The van der Waals surface area contributed by atoms with Crippen LogP contribution in [0.4, 0.5) is 0 Å². The summed E-state index contributed by atoms with van der Waals surface area (Å²) in [7, 11) is 9.34. The van der Waals surface area contributed by atoms with E-state index < -0.39 is 0 Å². The van der Waals surface area contributed by atoms with Crippen molar-refractivity contribution in [2.24, 2.45) is 0 Å². The quantitative estimate of drug-likeness (QED) is 0.394. The first-order valence-corrected chi connectivity index (χ1v) is 3.69. The van der Waals surface area contributed by atoms with Gasteiger partial charge < -0.3 is 12.4 Å². The van der Waals surface area contributed by atoms with E-state index in [1.54, 1.807) is 0 Å². The van der Waals surface area contributed by atoms with Crippen molar-refractivity contribution in [1.82, 2.24) is 0 Å². The van der Waals surface area contributed by atoms with Crippen molar-refractivity contribution in [3.63, 3.8) is 0 Å². The van der Waals surface area contributed by atoms with Gasteiger partial charge in [-0.15, -0.1) is 0 Å². The molecule has 0 aliphatic rings. The van der Waals surface area contributed by atoms with Crippen LogP contribution in [0.1, 0.15) is 0 Å². The fourth-order valence-electron chi connectivity index (χ4n) is 0. The fourth-order valence-corrected chi connectivity index (χ4v) is 0. The summed E-state index contributed by atoms with van der Waals surface area (Å²) in [5.74, 6) is 0. The molecule has 1 nitrogen and oxygen atoms in total. The van der Waals surface area contributed by atoms with Crippen molar-refractivity contribution in [3.05, 3.63) is 0 Å². The van der Waals surface area contributed by atoms with Crippen molar-refractivity contribution in [2.75, 3.05) is 0 Å². The van der Waals surface area contributed by atoms with E-state index >= 15 is 0 Å². The van der Waals surface area contributed by atoms with Crippen LogP contribution in [0.2, 0.25) is 0 Å². The zero-order valence-corrected chi connectivity index (χ0v) is 11.3. The summed E-state index contributed by atoms with van der Waals surface area (Å²) in [6.45, 7) is 0. The molecule has 0 aliphatic heterocycles. The second-order valence-electron chi connectivity index (χ2n) is 0.0431. The second kappa shape index (κ2) is 34.4. The van der Waals surface area contributed by atoms with Crippen molar-refractivity contribution in [2.45, 2.75) is 0 Å². The average Bonchev–Trinajstić information content (AvgIpc) is 1.46. The molecular weight excluding hydrogens is 252 g/mol. The van der Waals surface area contributed by atoms with Crippen LogP contribution in [0, 0.1) is 0 Å². The van der Waals surface area contributed by atoms with Gasteiger partial charge in [0.25, 0.3) is 0 Å². The van der Waals surface area contributed by atoms with Crippen molar-refractivity contribution >= 4 is 36.4 Å². The predicted octanol–water partition coefficient (Wildman–Crippen LogP) is -5.38. The van der Waals surface area contributed by atoms with Crippen molar-refractivity contribution < 1.29 is 80.7 Å². The first kappa shape index (κ1) is 22.4. The van der Waals surface area contributed by atoms with Gasteiger partial charge >= 0.3 is 105 Å². The number of halogens is 3. The van der Waals surface area contributed by atoms with Gasteiger partial charge in [0.05, 0.1) is 0 Å². The molecule has 0 unspecified atom stereocenters. The van der Waals surface area contributed by atoms with Crippen LogP contribution in [-0.2, 0) is 16.9 Å². The summed E-state index contributed by atoms with van der Waals surface area (Å²) in [4.78, 5) is 0. The number of hydrogen-bond acceptors (Lipinski definition) is 1. The Labute approximate surface area is 114 Å². The third-order valence-electron chi connectivity index (χ3n) is 0. The van der Waals surface area contributed by atoms with Gasteiger partial charge in [0.15, 0.2) is 0 Å². The van der Waals surface area contributed by atoms with Crippen LogP contribution < -0.4 is 63.8 Å². The Balaban J connectivity index is -0.0000000105. The van der Waals surface area contributed by atoms with Gasteiger partial charge in [0.1, 0.15) is 0 Å². The van der Waals surface area contributed by atoms with Crippen molar-refractivity contribution in [3.8, 4) is 0 Å². The van der Waals surface area contributed by atoms with Crippen molar-refractivity contribution in [1.29, 1.82) is 0 Å². The molecule has 0 atom stereocenters. The molecule has 0 rings (SSSR count). The molecule has 0 radical (unpaired) electrons.